The number of halogens is 1. The van der Waals surface area contributed by atoms with Gasteiger partial charge in [0, 0.05) is 18.6 Å². The fraction of sp³-hybridized carbons (Fsp3) is 0.600. The van der Waals surface area contributed by atoms with Crippen LogP contribution in [0, 0.1) is 11.8 Å². The predicted molar refractivity (Wildman–Crippen MR) is 70.8 cm³/mol. The highest BCUT2D eigenvalue weighted by Crippen LogP contribution is 2.08. The molecule has 0 aliphatic carbocycles. The molecule has 0 bridgehead atoms. The van der Waals surface area contributed by atoms with Gasteiger partial charge in [-0.2, -0.15) is 4.57 Å². The standard InChI is InChI=1S/C15H24NO2.ClH/c1-11(2)9-14-7-6-8-16(10-14)13(5)18-15(17)12(3)4;/h6-8,10-13H,9H2,1-5H3;1H/q+1;/p-1. The van der Waals surface area contributed by atoms with Crippen LogP contribution in [-0.4, -0.2) is 5.97 Å². The van der Waals surface area contributed by atoms with Crippen LogP contribution >= 0.6 is 0 Å². The summed E-state index contributed by atoms with van der Waals surface area (Å²) in [6.45, 7) is 9.96. The van der Waals surface area contributed by atoms with Crippen molar-refractivity contribution in [3.05, 3.63) is 30.1 Å². The number of pyridine rings is 1. The van der Waals surface area contributed by atoms with Gasteiger partial charge in [-0.3, -0.25) is 4.79 Å². The average Bonchev–Trinajstić information content (AvgIpc) is 2.28. The zero-order chi connectivity index (χ0) is 13.7. The zero-order valence-corrected chi connectivity index (χ0v) is 13.1. The van der Waals surface area contributed by atoms with Crippen LogP contribution in [-0.2, 0) is 16.0 Å². The normalized spacial score (nSPS) is 12.2. The Morgan fingerprint density at radius 2 is 1.89 bits per heavy atom. The summed E-state index contributed by atoms with van der Waals surface area (Å²) < 4.78 is 7.32. The molecule has 0 saturated heterocycles. The lowest BCUT2D eigenvalue weighted by atomic mass is 10.1. The molecule has 0 fully saturated rings. The Morgan fingerprint density at radius 1 is 1.26 bits per heavy atom. The molecule has 0 aromatic carbocycles. The highest BCUT2D eigenvalue weighted by Gasteiger charge is 2.19. The monoisotopic (exact) mass is 285 g/mol. The molecule has 0 saturated carbocycles. The first-order chi connectivity index (χ1) is 8.40. The van der Waals surface area contributed by atoms with Gasteiger partial charge in [0.2, 0.25) is 0 Å². The van der Waals surface area contributed by atoms with E-state index in [2.05, 4.69) is 26.1 Å². The first-order valence-electron chi connectivity index (χ1n) is 6.60. The summed E-state index contributed by atoms with van der Waals surface area (Å²) in [5.74, 6) is 0.366. The summed E-state index contributed by atoms with van der Waals surface area (Å²) in [5, 5.41) is 0. The summed E-state index contributed by atoms with van der Waals surface area (Å²) in [5.41, 5.74) is 1.26. The number of hydrogen-bond acceptors (Lipinski definition) is 2. The first kappa shape index (κ1) is 17.9. The van der Waals surface area contributed by atoms with E-state index >= 15 is 0 Å². The molecular formula is C15H24ClNO2. The van der Waals surface area contributed by atoms with Crippen LogP contribution < -0.4 is 17.0 Å². The minimum absolute atomic E-state index is 0. The van der Waals surface area contributed by atoms with Gasteiger partial charge >= 0.3 is 12.2 Å². The third-order valence-corrected chi connectivity index (χ3v) is 2.71. The van der Waals surface area contributed by atoms with Crippen LogP contribution in [0.25, 0.3) is 0 Å². The van der Waals surface area contributed by atoms with Gasteiger partial charge in [0.1, 0.15) is 0 Å². The molecule has 0 N–H and O–H groups in total. The van der Waals surface area contributed by atoms with Crippen molar-refractivity contribution in [3.63, 3.8) is 0 Å². The molecule has 1 aromatic heterocycles. The molecular weight excluding hydrogens is 262 g/mol. The zero-order valence-electron chi connectivity index (χ0n) is 12.4. The maximum Gasteiger partial charge on any atom is 0.313 e. The molecule has 1 atom stereocenters. The van der Waals surface area contributed by atoms with Crippen molar-refractivity contribution in [1.29, 1.82) is 0 Å². The molecule has 1 heterocycles. The topological polar surface area (TPSA) is 30.2 Å². The molecule has 1 aromatic rings. The van der Waals surface area contributed by atoms with Gasteiger partial charge in [-0.25, -0.2) is 0 Å². The number of rotatable bonds is 5. The highest BCUT2D eigenvalue weighted by atomic mass is 35.5. The van der Waals surface area contributed by atoms with Crippen LogP contribution in [0.2, 0.25) is 0 Å². The Hall–Kier alpha value is -1.09. The lowest BCUT2D eigenvalue weighted by Crippen LogP contribution is -3.00. The first-order valence-corrected chi connectivity index (χ1v) is 6.60. The Balaban J connectivity index is 0.00000324. The molecule has 4 heteroatoms. The van der Waals surface area contributed by atoms with Crippen molar-refractivity contribution in [2.75, 3.05) is 0 Å². The molecule has 1 rings (SSSR count). The molecule has 3 nitrogen and oxygen atoms in total. The van der Waals surface area contributed by atoms with E-state index in [0.29, 0.717) is 5.92 Å². The van der Waals surface area contributed by atoms with Crippen molar-refractivity contribution >= 4 is 5.97 Å². The summed E-state index contributed by atoms with van der Waals surface area (Å²) >= 11 is 0. The SMILES string of the molecule is CC(C)Cc1ccc[n+](C(C)OC(=O)C(C)C)c1.[Cl-]. The van der Waals surface area contributed by atoms with E-state index < -0.39 is 0 Å². The number of esters is 1. The van der Waals surface area contributed by atoms with E-state index in [1.807, 2.05) is 37.6 Å². The third kappa shape index (κ3) is 6.06. The molecule has 0 aliphatic rings. The fourth-order valence-corrected chi connectivity index (χ4v) is 1.73. The van der Waals surface area contributed by atoms with Gasteiger partial charge in [-0.15, -0.1) is 0 Å². The number of ether oxygens (including phenoxy) is 1. The van der Waals surface area contributed by atoms with Gasteiger partial charge in [0.05, 0.1) is 5.92 Å². The van der Waals surface area contributed by atoms with Gasteiger partial charge < -0.3 is 17.1 Å². The largest absolute Gasteiger partial charge is 1.00 e. The Morgan fingerprint density at radius 3 is 2.42 bits per heavy atom. The minimum atomic E-state index is -0.257. The average molecular weight is 286 g/mol. The van der Waals surface area contributed by atoms with Gasteiger partial charge in [0.15, 0.2) is 12.4 Å². The summed E-state index contributed by atoms with van der Waals surface area (Å²) in [7, 11) is 0. The Bertz CT molecular complexity index is 405. The van der Waals surface area contributed by atoms with Crippen molar-refractivity contribution in [3.8, 4) is 0 Å². The second kappa shape index (κ2) is 8.16. The van der Waals surface area contributed by atoms with Crippen LogP contribution in [0.1, 0.15) is 46.4 Å². The van der Waals surface area contributed by atoms with Gasteiger partial charge in [0.25, 0.3) is 0 Å². The highest BCUT2D eigenvalue weighted by molar-refractivity contribution is 5.71. The summed E-state index contributed by atoms with van der Waals surface area (Å²) in [6, 6.07) is 4.10. The second-order valence-electron chi connectivity index (χ2n) is 5.45. The van der Waals surface area contributed by atoms with Crippen LogP contribution in [0.15, 0.2) is 24.5 Å². The van der Waals surface area contributed by atoms with Gasteiger partial charge in [-0.05, 0) is 18.4 Å². The van der Waals surface area contributed by atoms with E-state index in [-0.39, 0.29) is 30.5 Å². The molecule has 108 valence electrons. The lowest BCUT2D eigenvalue weighted by Gasteiger charge is -2.11. The fourth-order valence-electron chi connectivity index (χ4n) is 1.73. The lowest BCUT2D eigenvalue weighted by molar-refractivity contribution is -0.753. The van der Waals surface area contributed by atoms with Crippen molar-refractivity contribution < 1.29 is 26.5 Å². The molecule has 0 aliphatic heterocycles. The number of carbonyl (C=O) groups excluding carboxylic acids is 1. The molecule has 0 amide bonds. The maximum absolute atomic E-state index is 11.6. The molecule has 19 heavy (non-hydrogen) atoms. The van der Waals surface area contributed by atoms with Gasteiger partial charge in [-0.1, -0.05) is 27.7 Å². The predicted octanol–water partition coefficient (Wildman–Crippen LogP) is -0.106. The summed E-state index contributed by atoms with van der Waals surface area (Å²) in [6.07, 6.45) is 4.76. The Kier molecular flexibility index (Phi) is 7.69. The quantitative estimate of drug-likeness (QED) is 0.558. The van der Waals surface area contributed by atoms with E-state index in [0.717, 1.165) is 6.42 Å². The van der Waals surface area contributed by atoms with Crippen LogP contribution in [0.5, 0.6) is 0 Å². The van der Waals surface area contributed by atoms with Crippen molar-refractivity contribution in [2.24, 2.45) is 11.8 Å². The maximum atomic E-state index is 11.6. The number of carbonyl (C=O) groups is 1. The second-order valence-corrected chi connectivity index (χ2v) is 5.45. The summed E-state index contributed by atoms with van der Waals surface area (Å²) in [4.78, 5) is 11.6. The number of nitrogens with zero attached hydrogens (tertiary/aromatic N) is 1. The number of aromatic nitrogens is 1. The van der Waals surface area contributed by atoms with E-state index in [9.17, 15) is 4.79 Å². The molecule has 0 spiro atoms. The molecule has 1 unspecified atom stereocenters. The Labute approximate surface area is 122 Å². The van der Waals surface area contributed by atoms with Crippen LogP contribution in [0.3, 0.4) is 0 Å². The molecule has 0 radical (unpaired) electrons. The number of hydrogen-bond donors (Lipinski definition) is 0. The minimum Gasteiger partial charge on any atom is -1.00 e. The van der Waals surface area contributed by atoms with Crippen LogP contribution in [0.4, 0.5) is 0 Å². The van der Waals surface area contributed by atoms with E-state index in [4.69, 9.17) is 4.74 Å². The smallest absolute Gasteiger partial charge is 0.313 e. The third-order valence-electron chi connectivity index (χ3n) is 2.71. The van der Waals surface area contributed by atoms with E-state index in [1.165, 1.54) is 5.56 Å². The van der Waals surface area contributed by atoms with E-state index in [1.54, 1.807) is 0 Å². The van der Waals surface area contributed by atoms with Crippen molar-refractivity contribution in [2.45, 2.75) is 47.3 Å². The van der Waals surface area contributed by atoms with Crippen molar-refractivity contribution in [1.82, 2.24) is 0 Å².